The Morgan fingerprint density at radius 3 is 2.83 bits per heavy atom. The molecule has 2 aliphatic rings. The molecule has 3 heterocycles. The molecule has 7 nitrogen and oxygen atoms in total. The fraction of sp³-hybridized carbons (Fsp3) is 0.529. The zero-order valence-electron chi connectivity index (χ0n) is 13.5. The molecule has 0 spiro atoms. The lowest BCUT2D eigenvalue weighted by molar-refractivity contribution is 0.132. The molecule has 1 N–H and O–H groups in total. The van der Waals surface area contributed by atoms with Gasteiger partial charge < -0.3 is 14.7 Å². The Labute approximate surface area is 140 Å². The number of aromatic nitrogens is 3. The zero-order chi connectivity index (χ0) is 16.4. The molecule has 4 rings (SSSR count). The summed E-state index contributed by atoms with van der Waals surface area (Å²) in [6.45, 7) is 1.26. The van der Waals surface area contributed by atoms with Crippen LogP contribution >= 0.6 is 0 Å². The first kappa shape index (κ1) is 15.1. The Morgan fingerprint density at radius 1 is 1.25 bits per heavy atom. The smallest absolute Gasteiger partial charge is 0.317 e. The van der Waals surface area contributed by atoms with E-state index in [1.807, 2.05) is 17.0 Å². The minimum atomic E-state index is 0.0325. The highest BCUT2D eigenvalue weighted by Crippen LogP contribution is 2.28. The van der Waals surface area contributed by atoms with Crippen LogP contribution in [0.3, 0.4) is 0 Å². The van der Waals surface area contributed by atoms with Crippen molar-refractivity contribution in [3.63, 3.8) is 0 Å². The molecule has 0 bridgehead atoms. The summed E-state index contributed by atoms with van der Waals surface area (Å²) in [6.07, 6.45) is 9.33. The van der Waals surface area contributed by atoms with Gasteiger partial charge in [-0.25, -0.2) is 4.79 Å². The normalized spacial score (nSPS) is 19.1. The van der Waals surface area contributed by atoms with Crippen molar-refractivity contribution in [1.82, 2.24) is 25.3 Å². The number of amides is 2. The van der Waals surface area contributed by atoms with Crippen LogP contribution in [-0.2, 0) is 0 Å². The van der Waals surface area contributed by atoms with Crippen molar-refractivity contribution in [2.45, 2.75) is 44.1 Å². The van der Waals surface area contributed by atoms with Gasteiger partial charge in [-0.1, -0.05) is 24.4 Å². The van der Waals surface area contributed by atoms with E-state index in [1.54, 1.807) is 12.4 Å². The molecule has 2 aromatic heterocycles. The molecule has 2 amide bonds. The lowest BCUT2D eigenvalue weighted by atomic mass is 9.95. The van der Waals surface area contributed by atoms with Crippen LogP contribution in [-0.4, -0.2) is 45.2 Å². The van der Waals surface area contributed by atoms with Gasteiger partial charge in [0.15, 0.2) is 0 Å². The number of nitrogens with zero attached hydrogens (tertiary/aromatic N) is 4. The van der Waals surface area contributed by atoms with E-state index >= 15 is 0 Å². The summed E-state index contributed by atoms with van der Waals surface area (Å²) in [4.78, 5) is 22.5. The Morgan fingerprint density at radius 2 is 2.08 bits per heavy atom. The van der Waals surface area contributed by atoms with Crippen LogP contribution in [0, 0.1) is 0 Å². The molecule has 24 heavy (non-hydrogen) atoms. The number of hydrogen-bond donors (Lipinski definition) is 1. The Balaban J connectivity index is 1.31. The van der Waals surface area contributed by atoms with Crippen molar-refractivity contribution in [1.29, 1.82) is 0 Å². The standard InChI is InChI=1S/C17H21N5O2/c23-17(19-14-6-2-1-3-7-14)22-10-13(11-22)16-20-15(21-24-16)12-5-4-8-18-9-12/h4-5,8-9,13-14H,1-3,6-7,10-11H2,(H,19,23). The van der Waals surface area contributed by atoms with Crippen molar-refractivity contribution >= 4 is 6.03 Å². The second kappa shape index (κ2) is 6.59. The summed E-state index contributed by atoms with van der Waals surface area (Å²) < 4.78 is 5.35. The van der Waals surface area contributed by atoms with Crippen LogP contribution in [0.4, 0.5) is 4.79 Å². The molecular weight excluding hydrogens is 306 g/mol. The van der Waals surface area contributed by atoms with E-state index in [-0.39, 0.29) is 11.9 Å². The third kappa shape index (κ3) is 3.11. The van der Waals surface area contributed by atoms with E-state index in [0.29, 0.717) is 30.8 Å². The lowest BCUT2D eigenvalue weighted by Gasteiger charge is -2.38. The monoisotopic (exact) mass is 327 g/mol. The summed E-state index contributed by atoms with van der Waals surface area (Å²) in [7, 11) is 0. The van der Waals surface area contributed by atoms with Crippen LogP contribution in [0.25, 0.3) is 11.4 Å². The zero-order valence-corrected chi connectivity index (χ0v) is 13.5. The molecule has 0 aromatic carbocycles. The predicted molar refractivity (Wildman–Crippen MR) is 87.2 cm³/mol. The van der Waals surface area contributed by atoms with Gasteiger partial charge >= 0.3 is 6.03 Å². The summed E-state index contributed by atoms with van der Waals surface area (Å²) in [5, 5.41) is 7.14. The van der Waals surface area contributed by atoms with Crippen LogP contribution in [0.1, 0.15) is 43.9 Å². The molecule has 1 aliphatic carbocycles. The molecule has 0 atom stereocenters. The van der Waals surface area contributed by atoms with Crippen LogP contribution in [0.5, 0.6) is 0 Å². The number of nitrogens with one attached hydrogen (secondary N) is 1. The van der Waals surface area contributed by atoms with Gasteiger partial charge in [-0.15, -0.1) is 0 Å². The Kier molecular flexibility index (Phi) is 4.15. The van der Waals surface area contributed by atoms with E-state index in [0.717, 1.165) is 18.4 Å². The summed E-state index contributed by atoms with van der Waals surface area (Å²) in [6, 6.07) is 4.11. The number of carbonyl (C=O) groups is 1. The molecule has 1 saturated heterocycles. The van der Waals surface area contributed by atoms with Crippen molar-refractivity contribution in [2.75, 3.05) is 13.1 Å². The maximum atomic E-state index is 12.2. The van der Waals surface area contributed by atoms with Gasteiger partial charge in [0.25, 0.3) is 0 Å². The number of urea groups is 1. The fourth-order valence-corrected chi connectivity index (χ4v) is 3.33. The van der Waals surface area contributed by atoms with Gasteiger partial charge in [0.2, 0.25) is 11.7 Å². The van der Waals surface area contributed by atoms with Crippen LogP contribution < -0.4 is 5.32 Å². The van der Waals surface area contributed by atoms with E-state index in [4.69, 9.17) is 4.52 Å². The highest BCUT2D eigenvalue weighted by atomic mass is 16.5. The fourth-order valence-electron chi connectivity index (χ4n) is 3.33. The molecule has 1 saturated carbocycles. The van der Waals surface area contributed by atoms with Gasteiger partial charge in [-0.3, -0.25) is 4.98 Å². The van der Waals surface area contributed by atoms with Crippen molar-refractivity contribution < 1.29 is 9.32 Å². The third-order valence-electron chi connectivity index (χ3n) is 4.81. The van der Waals surface area contributed by atoms with Gasteiger partial charge in [-0.2, -0.15) is 4.98 Å². The first-order valence-corrected chi connectivity index (χ1v) is 8.59. The maximum absolute atomic E-state index is 12.2. The van der Waals surface area contributed by atoms with Gasteiger partial charge in [0, 0.05) is 37.1 Å². The van der Waals surface area contributed by atoms with E-state index in [2.05, 4.69) is 20.4 Å². The predicted octanol–water partition coefficient (Wildman–Crippen LogP) is 2.57. The molecular formula is C17H21N5O2. The number of pyridine rings is 1. The van der Waals surface area contributed by atoms with E-state index < -0.39 is 0 Å². The Bertz CT molecular complexity index is 690. The minimum Gasteiger partial charge on any atom is -0.339 e. The topological polar surface area (TPSA) is 84.2 Å². The molecule has 0 unspecified atom stereocenters. The molecule has 7 heteroatoms. The molecule has 0 radical (unpaired) electrons. The number of carbonyl (C=O) groups excluding carboxylic acids is 1. The molecule has 2 fully saturated rings. The Hall–Kier alpha value is -2.44. The van der Waals surface area contributed by atoms with E-state index in [9.17, 15) is 4.79 Å². The maximum Gasteiger partial charge on any atom is 0.317 e. The van der Waals surface area contributed by atoms with Gasteiger partial charge in [0.05, 0.1) is 5.92 Å². The van der Waals surface area contributed by atoms with Crippen molar-refractivity contribution in [3.05, 3.63) is 30.4 Å². The third-order valence-corrected chi connectivity index (χ3v) is 4.81. The average Bonchev–Trinajstić information content (AvgIpc) is 3.05. The van der Waals surface area contributed by atoms with Crippen LogP contribution in [0.2, 0.25) is 0 Å². The quantitative estimate of drug-likeness (QED) is 0.936. The van der Waals surface area contributed by atoms with E-state index in [1.165, 1.54) is 19.3 Å². The number of likely N-dealkylation sites (tertiary alicyclic amines) is 1. The first-order valence-electron chi connectivity index (χ1n) is 8.59. The van der Waals surface area contributed by atoms with Crippen LogP contribution in [0.15, 0.2) is 29.0 Å². The first-order chi connectivity index (χ1) is 11.8. The van der Waals surface area contributed by atoms with Gasteiger partial charge in [0.1, 0.15) is 0 Å². The summed E-state index contributed by atoms with van der Waals surface area (Å²) in [5.74, 6) is 1.26. The number of rotatable bonds is 3. The minimum absolute atomic E-state index is 0.0325. The highest BCUT2D eigenvalue weighted by molar-refractivity contribution is 5.75. The summed E-state index contributed by atoms with van der Waals surface area (Å²) in [5.41, 5.74) is 0.832. The largest absolute Gasteiger partial charge is 0.339 e. The summed E-state index contributed by atoms with van der Waals surface area (Å²) >= 11 is 0. The lowest BCUT2D eigenvalue weighted by Crippen LogP contribution is -2.54. The average molecular weight is 327 g/mol. The SMILES string of the molecule is O=C(NC1CCCCC1)N1CC(c2nc(-c3cccnc3)no2)C1. The highest BCUT2D eigenvalue weighted by Gasteiger charge is 2.36. The molecule has 1 aliphatic heterocycles. The second-order valence-electron chi connectivity index (χ2n) is 6.58. The van der Waals surface area contributed by atoms with Crippen molar-refractivity contribution in [2.24, 2.45) is 0 Å². The number of hydrogen-bond acceptors (Lipinski definition) is 5. The second-order valence-corrected chi connectivity index (χ2v) is 6.58. The molecule has 2 aromatic rings. The van der Waals surface area contributed by atoms with Gasteiger partial charge in [-0.05, 0) is 25.0 Å². The van der Waals surface area contributed by atoms with Crippen molar-refractivity contribution in [3.8, 4) is 11.4 Å². The molecule has 126 valence electrons.